The first-order valence-corrected chi connectivity index (χ1v) is 7.77. The zero-order valence-corrected chi connectivity index (χ0v) is 13.0. The second-order valence-electron chi connectivity index (χ2n) is 5.60. The average Bonchev–Trinajstić information content (AvgIpc) is 2.55. The van der Waals surface area contributed by atoms with E-state index in [0.29, 0.717) is 12.1 Å². The molecule has 0 amide bonds. The molecule has 3 nitrogen and oxygen atoms in total. The molecule has 0 aliphatic rings. The monoisotopic (exact) mass is 312 g/mol. The third kappa shape index (κ3) is 3.66. The van der Waals surface area contributed by atoms with Gasteiger partial charge in [0.05, 0.1) is 0 Å². The fraction of sp³-hybridized carbons (Fsp3) is 0.211. The molecule has 3 rings (SSSR count). The summed E-state index contributed by atoms with van der Waals surface area (Å²) in [5.41, 5.74) is 3.47. The van der Waals surface area contributed by atoms with Gasteiger partial charge < -0.3 is 9.73 Å². The van der Waals surface area contributed by atoms with Gasteiger partial charge in [-0.1, -0.05) is 31.2 Å². The van der Waals surface area contributed by atoms with Crippen molar-refractivity contribution in [1.82, 2.24) is 0 Å². The maximum absolute atomic E-state index is 12.9. The lowest BCUT2D eigenvalue weighted by molar-refractivity contribution is -0.686. The average molecular weight is 312 g/mol. The summed E-state index contributed by atoms with van der Waals surface area (Å²) in [6, 6.07) is 14.0. The lowest BCUT2D eigenvalue weighted by Crippen LogP contribution is -2.80. The summed E-state index contributed by atoms with van der Waals surface area (Å²) in [7, 11) is 0. The number of hydrogen-bond donors (Lipinski definition) is 1. The molecular formula is C19H19FNO2+. The Morgan fingerprint density at radius 1 is 1.00 bits per heavy atom. The zero-order chi connectivity index (χ0) is 16.2. The van der Waals surface area contributed by atoms with Crippen LogP contribution in [0.4, 0.5) is 4.39 Å². The first kappa shape index (κ1) is 15.4. The van der Waals surface area contributed by atoms with Crippen molar-refractivity contribution in [2.24, 2.45) is 0 Å². The van der Waals surface area contributed by atoms with Crippen molar-refractivity contribution in [2.75, 3.05) is 0 Å². The van der Waals surface area contributed by atoms with Crippen LogP contribution in [-0.4, -0.2) is 0 Å². The molecule has 2 N–H and O–H groups in total. The summed E-state index contributed by atoms with van der Waals surface area (Å²) in [6.07, 6.45) is 0.903. The highest BCUT2D eigenvalue weighted by atomic mass is 19.1. The molecule has 1 heterocycles. The molecule has 0 radical (unpaired) electrons. The summed E-state index contributed by atoms with van der Waals surface area (Å²) in [4.78, 5) is 11.8. The fourth-order valence-corrected chi connectivity index (χ4v) is 2.68. The van der Waals surface area contributed by atoms with E-state index in [1.54, 1.807) is 18.2 Å². The Hall–Kier alpha value is -2.46. The van der Waals surface area contributed by atoms with Gasteiger partial charge in [-0.2, -0.15) is 0 Å². The van der Waals surface area contributed by atoms with Crippen molar-refractivity contribution in [3.8, 4) is 0 Å². The predicted molar refractivity (Wildman–Crippen MR) is 87.6 cm³/mol. The summed E-state index contributed by atoms with van der Waals surface area (Å²) < 4.78 is 18.2. The van der Waals surface area contributed by atoms with Crippen LogP contribution < -0.4 is 10.9 Å². The smallest absolute Gasteiger partial charge is 0.336 e. The third-order valence-electron chi connectivity index (χ3n) is 3.96. The molecule has 0 fully saturated rings. The number of halogens is 1. The summed E-state index contributed by atoms with van der Waals surface area (Å²) in [6.45, 7) is 3.47. The van der Waals surface area contributed by atoms with Gasteiger partial charge in [-0.25, -0.2) is 9.18 Å². The van der Waals surface area contributed by atoms with Gasteiger partial charge >= 0.3 is 5.63 Å². The van der Waals surface area contributed by atoms with E-state index in [4.69, 9.17) is 4.42 Å². The van der Waals surface area contributed by atoms with Gasteiger partial charge in [0.2, 0.25) is 0 Å². The standard InChI is InChI=1S/C19H18FNO2/c1-2-13-5-8-17-15(10-19(22)23-18(17)9-13)12-21-11-14-3-6-16(20)7-4-14/h3-10,21H,2,11-12H2,1H3/p+1. The van der Waals surface area contributed by atoms with E-state index >= 15 is 0 Å². The lowest BCUT2D eigenvalue weighted by Gasteiger charge is -2.06. The first-order chi connectivity index (χ1) is 11.2. The van der Waals surface area contributed by atoms with Crippen LogP contribution in [0.3, 0.4) is 0 Å². The van der Waals surface area contributed by atoms with Gasteiger partial charge in [-0.15, -0.1) is 0 Å². The number of quaternary nitrogens is 1. The van der Waals surface area contributed by atoms with E-state index in [0.717, 1.165) is 35.0 Å². The highest BCUT2D eigenvalue weighted by Crippen LogP contribution is 2.18. The molecule has 0 spiro atoms. The predicted octanol–water partition coefficient (Wildman–Crippen LogP) is 2.76. The molecule has 0 atom stereocenters. The van der Waals surface area contributed by atoms with Crippen LogP contribution in [0.15, 0.2) is 57.7 Å². The van der Waals surface area contributed by atoms with Gasteiger partial charge in [0.25, 0.3) is 0 Å². The number of rotatable bonds is 5. The third-order valence-corrected chi connectivity index (χ3v) is 3.96. The molecule has 0 saturated carbocycles. The van der Waals surface area contributed by atoms with Crippen LogP contribution >= 0.6 is 0 Å². The van der Waals surface area contributed by atoms with Crippen molar-refractivity contribution in [1.29, 1.82) is 0 Å². The normalized spacial score (nSPS) is 11.0. The van der Waals surface area contributed by atoms with E-state index in [1.807, 2.05) is 12.1 Å². The summed E-state index contributed by atoms with van der Waals surface area (Å²) in [5.74, 6) is -0.229. The van der Waals surface area contributed by atoms with Crippen molar-refractivity contribution in [3.05, 3.63) is 81.5 Å². The number of benzene rings is 2. The molecule has 0 aliphatic heterocycles. The molecule has 3 aromatic rings. The lowest BCUT2D eigenvalue weighted by atomic mass is 10.1. The van der Waals surface area contributed by atoms with Crippen LogP contribution in [0.1, 0.15) is 23.6 Å². The van der Waals surface area contributed by atoms with E-state index in [1.165, 1.54) is 12.1 Å². The fourth-order valence-electron chi connectivity index (χ4n) is 2.68. The SMILES string of the molecule is CCc1ccc2c(C[NH2+]Cc3ccc(F)cc3)cc(=O)oc2c1. The Bertz CT molecular complexity index is 869. The van der Waals surface area contributed by atoms with Crippen LogP contribution in [0.5, 0.6) is 0 Å². The van der Waals surface area contributed by atoms with Crippen molar-refractivity contribution >= 4 is 11.0 Å². The molecule has 2 aromatic carbocycles. The maximum atomic E-state index is 12.9. The number of nitrogens with two attached hydrogens (primary N) is 1. The molecule has 0 saturated heterocycles. The zero-order valence-electron chi connectivity index (χ0n) is 13.0. The van der Waals surface area contributed by atoms with E-state index in [9.17, 15) is 9.18 Å². The van der Waals surface area contributed by atoms with E-state index in [-0.39, 0.29) is 11.4 Å². The van der Waals surface area contributed by atoms with Crippen LogP contribution in [0.2, 0.25) is 0 Å². The van der Waals surface area contributed by atoms with Crippen LogP contribution in [0, 0.1) is 5.82 Å². The van der Waals surface area contributed by atoms with E-state index < -0.39 is 0 Å². The Morgan fingerprint density at radius 3 is 2.48 bits per heavy atom. The van der Waals surface area contributed by atoms with E-state index in [2.05, 4.69) is 18.3 Å². The minimum atomic E-state index is -0.323. The number of aryl methyl sites for hydroxylation is 1. The second kappa shape index (κ2) is 6.75. The molecule has 0 unspecified atom stereocenters. The molecular weight excluding hydrogens is 293 g/mol. The van der Waals surface area contributed by atoms with Crippen molar-refractivity contribution < 1.29 is 14.1 Å². The van der Waals surface area contributed by atoms with Crippen molar-refractivity contribution in [2.45, 2.75) is 26.4 Å². The largest absolute Gasteiger partial charge is 0.423 e. The second-order valence-corrected chi connectivity index (χ2v) is 5.60. The highest BCUT2D eigenvalue weighted by Gasteiger charge is 2.08. The van der Waals surface area contributed by atoms with Crippen LogP contribution in [-0.2, 0) is 19.5 Å². The van der Waals surface area contributed by atoms with Crippen LogP contribution in [0.25, 0.3) is 11.0 Å². The summed E-state index contributed by atoms with van der Waals surface area (Å²) >= 11 is 0. The quantitative estimate of drug-likeness (QED) is 0.736. The topological polar surface area (TPSA) is 46.8 Å². The Balaban J connectivity index is 1.79. The van der Waals surface area contributed by atoms with Gasteiger partial charge in [-0.05, 0) is 30.2 Å². The minimum absolute atomic E-state index is 0.229. The Morgan fingerprint density at radius 2 is 1.74 bits per heavy atom. The molecule has 23 heavy (non-hydrogen) atoms. The van der Waals surface area contributed by atoms with Gasteiger partial charge in [0.1, 0.15) is 24.5 Å². The molecule has 1 aromatic heterocycles. The Kier molecular flexibility index (Phi) is 4.53. The Labute approximate surface area is 133 Å². The molecule has 4 heteroatoms. The van der Waals surface area contributed by atoms with Crippen molar-refractivity contribution in [3.63, 3.8) is 0 Å². The number of hydrogen-bond acceptors (Lipinski definition) is 2. The maximum Gasteiger partial charge on any atom is 0.336 e. The first-order valence-electron chi connectivity index (χ1n) is 7.77. The number of fused-ring (bicyclic) bond motifs is 1. The van der Waals surface area contributed by atoms with Gasteiger partial charge in [0.15, 0.2) is 0 Å². The molecule has 0 bridgehead atoms. The minimum Gasteiger partial charge on any atom is -0.423 e. The summed E-state index contributed by atoms with van der Waals surface area (Å²) in [5, 5.41) is 3.06. The molecule has 0 aliphatic carbocycles. The van der Waals surface area contributed by atoms with Gasteiger partial charge in [0, 0.05) is 22.6 Å². The molecule has 118 valence electrons. The highest BCUT2D eigenvalue weighted by molar-refractivity contribution is 5.80. The van der Waals surface area contributed by atoms with Gasteiger partial charge in [-0.3, -0.25) is 0 Å².